The fourth-order valence-corrected chi connectivity index (χ4v) is 2.59. The summed E-state index contributed by atoms with van der Waals surface area (Å²) in [7, 11) is -3.86. The molecule has 0 aliphatic rings. The second-order valence-corrected chi connectivity index (χ2v) is 5.99. The van der Waals surface area contributed by atoms with Gasteiger partial charge in [-0.1, -0.05) is 6.07 Å². The van der Waals surface area contributed by atoms with E-state index in [-0.39, 0.29) is 30.2 Å². The molecule has 114 valence electrons. The molecule has 1 aromatic carbocycles. The monoisotopic (exact) mass is 317 g/mol. The van der Waals surface area contributed by atoms with Gasteiger partial charge < -0.3 is 5.11 Å². The lowest BCUT2D eigenvalue weighted by molar-refractivity contribution is 0.269. The molecule has 0 atom stereocenters. The van der Waals surface area contributed by atoms with Crippen LogP contribution in [0.3, 0.4) is 0 Å². The van der Waals surface area contributed by atoms with Crippen LogP contribution < -0.4 is 4.72 Å². The molecule has 0 spiro atoms. The predicted molar refractivity (Wildman–Crippen MR) is 69.7 cm³/mol. The van der Waals surface area contributed by atoms with Gasteiger partial charge in [0, 0.05) is 24.4 Å². The van der Waals surface area contributed by atoms with Gasteiger partial charge in [-0.3, -0.25) is 4.68 Å². The second kappa shape index (κ2) is 6.29. The van der Waals surface area contributed by atoms with E-state index in [0.717, 1.165) is 12.3 Å². The van der Waals surface area contributed by atoms with Crippen LogP contribution in [0.1, 0.15) is 5.56 Å². The molecule has 0 radical (unpaired) electrons. The number of hydrogen-bond donors (Lipinski definition) is 2. The number of hydrogen-bond acceptors (Lipinski definition) is 4. The second-order valence-electron chi connectivity index (χ2n) is 4.22. The average Bonchev–Trinajstić information content (AvgIpc) is 2.88. The van der Waals surface area contributed by atoms with Crippen molar-refractivity contribution in [2.24, 2.45) is 0 Å². The fraction of sp³-hybridized carbons (Fsp3) is 0.250. The van der Waals surface area contributed by atoms with Crippen molar-refractivity contribution < 1.29 is 22.3 Å². The molecule has 1 heterocycles. The molecule has 1 aromatic heterocycles. The van der Waals surface area contributed by atoms with E-state index >= 15 is 0 Å². The number of benzene rings is 1. The molecule has 0 amide bonds. The van der Waals surface area contributed by atoms with E-state index in [2.05, 4.69) is 9.82 Å². The minimum atomic E-state index is -3.86. The summed E-state index contributed by atoms with van der Waals surface area (Å²) in [4.78, 5) is -0.0986. The summed E-state index contributed by atoms with van der Waals surface area (Å²) < 4.78 is 53.6. The topological polar surface area (TPSA) is 84.2 Å². The molecule has 2 N–H and O–H groups in total. The van der Waals surface area contributed by atoms with Crippen LogP contribution in [0, 0.1) is 11.6 Å². The Hall–Kier alpha value is -1.84. The van der Waals surface area contributed by atoms with Crippen LogP contribution >= 0.6 is 0 Å². The van der Waals surface area contributed by atoms with E-state index in [1.54, 1.807) is 0 Å². The summed E-state index contributed by atoms with van der Waals surface area (Å²) in [5, 5.41) is 12.5. The highest BCUT2D eigenvalue weighted by Crippen LogP contribution is 2.12. The van der Waals surface area contributed by atoms with E-state index in [4.69, 9.17) is 5.11 Å². The molecule has 9 heteroatoms. The molecule has 2 rings (SSSR count). The van der Waals surface area contributed by atoms with E-state index < -0.39 is 21.7 Å². The Morgan fingerprint density at radius 3 is 2.76 bits per heavy atom. The Balaban J connectivity index is 2.10. The van der Waals surface area contributed by atoms with Gasteiger partial charge in [0.05, 0.1) is 19.3 Å². The molecule has 0 aliphatic carbocycles. The maximum atomic E-state index is 13.4. The number of nitrogens with zero attached hydrogens (tertiary/aromatic N) is 2. The van der Waals surface area contributed by atoms with Crippen LogP contribution in [0.4, 0.5) is 8.78 Å². The summed E-state index contributed by atoms with van der Waals surface area (Å²) >= 11 is 0. The van der Waals surface area contributed by atoms with Crippen LogP contribution in [-0.4, -0.2) is 29.9 Å². The normalized spacial score (nSPS) is 11.8. The highest BCUT2D eigenvalue weighted by Gasteiger charge is 2.17. The molecule has 0 aliphatic heterocycles. The number of halogens is 2. The highest BCUT2D eigenvalue weighted by atomic mass is 32.2. The largest absolute Gasteiger partial charge is 0.394 e. The summed E-state index contributed by atoms with van der Waals surface area (Å²) in [6.45, 7) is -0.308. The van der Waals surface area contributed by atoms with Crippen molar-refractivity contribution in [2.45, 2.75) is 18.0 Å². The molecule has 0 bridgehead atoms. The van der Waals surface area contributed by atoms with Gasteiger partial charge in [0.1, 0.15) is 16.5 Å². The SMILES string of the molecule is O=S(=O)(NCc1ccc(F)cc1F)c1cnn(CCO)c1. The van der Waals surface area contributed by atoms with Crippen molar-refractivity contribution in [2.75, 3.05) is 6.61 Å². The van der Waals surface area contributed by atoms with Gasteiger partial charge in [-0.05, 0) is 6.07 Å². The number of aliphatic hydroxyl groups excluding tert-OH is 1. The Labute approximate surface area is 120 Å². The first-order valence-electron chi connectivity index (χ1n) is 5.99. The number of nitrogens with one attached hydrogen (secondary N) is 1. The molecule has 2 aromatic rings. The lowest BCUT2D eigenvalue weighted by atomic mass is 10.2. The molecule has 0 saturated heterocycles. The van der Waals surface area contributed by atoms with Crippen molar-refractivity contribution in [1.29, 1.82) is 0 Å². The lowest BCUT2D eigenvalue weighted by Crippen LogP contribution is -2.23. The van der Waals surface area contributed by atoms with E-state index in [9.17, 15) is 17.2 Å². The van der Waals surface area contributed by atoms with Crippen molar-refractivity contribution >= 4 is 10.0 Å². The summed E-state index contributed by atoms with van der Waals surface area (Å²) in [5.74, 6) is -1.56. The smallest absolute Gasteiger partial charge is 0.243 e. The predicted octanol–water partition coefficient (Wildman–Crippen LogP) is 0.632. The van der Waals surface area contributed by atoms with E-state index in [0.29, 0.717) is 6.07 Å². The molecular formula is C12H13F2N3O3S. The van der Waals surface area contributed by atoms with Crippen LogP contribution in [-0.2, 0) is 23.1 Å². The van der Waals surface area contributed by atoms with Gasteiger partial charge in [0.25, 0.3) is 0 Å². The van der Waals surface area contributed by atoms with Crippen molar-refractivity contribution in [3.63, 3.8) is 0 Å². The Morgan fingerprint density at radius 2 is 2.10 bits per heavy atom. The van der Waals surface area contributed by atoms with Crippen LogP contribution in [0.15, 0.2) is 35.5 Å². The van der Waals surface area contributed by atoms with Crippen LogP contribution in [0.5, 0.6) is 0 Å². The Morgan fingerprint density at radius 1 is 1.33 bits per heavy atom. The average molecular weight is 317 g/mol. The van der Waals surface area contributed by atoms with E-state index in [1.165, 1.54) is 16.9 Å². The minimum absolute atomic E-state index is 0.0303. The van der Waals surface area contributed by atoms with Gasteiger partial charge in [0.2, 0.25) is 10.0 Å². The molecule has 21 heavy (non-hydrogen) atoms. The minimum Gasteiger partial charge on any atom is -0.394 e. The molecule has 0 fully saturated rings. The molecular weight excluding hydrogens is 304 g/mol. The third kappa shape index (κ3) is 3.84. The van der Waals surface area contributed by atoms with Gasteiger partial charge in [0.15, 0.2) is 0 Å². The number of sulfonamides is 1. The Kier molecular flexibility index (Phi) is 4.66. The maximum Gasteiger partial charge on any atom is 0.243 e. The number of aromatic nitrogens is 2. The number of aliphatic hydroxyl groups is 1. The van der Waals surface area contributed by atoms with Gasteiger partial charge >= 0.3 is 0 Å². The first kappa shape index (κ1) is 15.5. The summed E-state index contributed by atoms with van der Waals surface area (Å²) in [6.07, 6.45) is 2.37. The third-order valence-electron chi connectivity index (χ3n) is 2.72. The Bertz CT molecular complexity index is 731. The quantitative estimate of drug-likeness (QED) is 0.818. The first-order chi connectivity index (χ1) is 9.92. The van der Waals surface area contributed by atoms with Gasteiger partial charge in [-0.2, -0.15) is 5.10 Å². The zero-order valence-corrected chi connectivity index (χ0v) is 11.6. The van der Waals surface area contributed by atoms with Crippen LogP contribution in [0.25, 0.3) is 0 Å². The first-order valence-corrected chi connectivity index (χ1v) is 7.47. The van der Waals surface area contributed by atoms with Crippen molar-refractivity contribution in [3.8, 4) is 0 Å². The summed E-state index contributed by atoms with van der Waals surface area (Å²) in [5.41, 5.74) is 0.0303. The van der Waals surface area contributed by atoms with Gasteiger partial charge in [-0.25, -0.2) is 21.9 Å². The summed E-state index contributed by atoms with van der Waals surface area (Å²) in [6, 6.07) is 2.90. The van der Waals surface area contributed by atoms with E-state index in [1.807, 2.05) is 0 Å². The third-order valence-corrected chi connectivity index (χ3v) is 4.07. The number of rotatable bonds is 6. The standard InChI is InChI=1S/C12H13F2N3O3S/c13-10-2-1-9(12(14)5-10)6-16-21(19,20)11-7-15-17(8-11)3-4-18/h1-2,5,7-8,16,18H,3-4,6H2. The zero-order valence-electron chi connectivity index (χ0n) is 10.8. The van der Waals surface area contributed by atoms with Crippen molar-refractivity contribution in [3.05, 3.63) is 47.8 Å². The molecule has 0 saturated carbocycles. The lowest BCUT2D eigenvalue weighted by Gasteiger charge is -2.06. The molecule has 6 nitrogen and oxygen atoms in total. The van der Waals surface area contributed by atoms with Gasteiger partial charge in [-0.15, -0.1) is 0 Å². The maximum absolute atomic E-state index is 13.4. The van der Waals surface area contributed by atoms with Crippen molar-refractivity contribution in [1.82, 2.24) is 14.5 Å². The highest BCUT2D eigenvalue weighted by molar-refractivity contribution is 7.89. The fourth-order valence-electron chi connectivity index (χ4n) is 1.63. The van der Waals surface area contributed by atoms with Crippen LogP contribution in [0.2, 0.25) is 0 Å². The molecule has 0 unspecified atom stereocenters. The zero-order chi connectivity index (χ0) is 15.5.